The predicted molar refractivity (Wildman–Crippen MR) is 68.7 cm³/mol. The molecule has 3 aromatic rings. The molecule has 5 heteroatoms. The van der Waals surface area contributed by atoms with Crippen LogP contribution in [-0.2, 0) is 0 Å². The topological polar surface area (TPSA) is 65.0 Å². The van der Waals surface area contributed by atoms with E-state index in [1.54, 1.807) is 36.7 Å². The minimum Gasteiger partial charge on any atom is -0.423 e. The monoisotopic (exact) mass is 251 g/mol. The number of hydrogen-bond donors (Lipinski definition) is 0. The Labute approximate surface area is 108 Å². The Morgan fingerprint density at radius 2 is 1.84 bits per heavy atom. The summed E-state index contributed by atoms with van der Waals surface area (Å²) in [6.45, 7) is 0. The summed E-state index contributed by atoms with van der Waals surface area (Å²) >= 11 is 0. The van der Waals surface area contributed by atoms with Crippen molar-refractivity contribution >= 4 is 16.9 Å². The molecule has 0 aliphatic rings. The molecule has 0 spiro atoms. The van der Waals surface area contributed by atoms with Gasteiger partial charge in [-0.25, -0.2) is 14.8 Å². The smallest absolute Gasteiger partial charge is 0.345 e. The molecule has 0 saturated carbocycles. The van der Waals surface area contributed by atoms with Crippen LogP contribution in [-0.4, -0.2) is 20.9 Å². The highest BCUT2D eigenvalue weighted by atomic mass is 16.5. The number of benzene rings is 1. The third kappa shape index (κ3) is 2.26. The van der Waals surface area contributed by atoms with E-state index in [1.807, 2.05) is 6.07 Å². The van der Waals surface area contributed by atoms with Gasteiger partial charge in [0.2, 0.25) is 0 Å². The number of nitrogens with zero attached hydrogens (tertiary/aromatic N) is 3. The summed E-state index contributed by atoms with van der Waals surface area (Å²) in [6.07, 6.45) is 6.02. The van der Waals surface area contributed by atoms with E-state index in [4.69, 9.17) is 4.74 Å². The normalized spacial score (nSPS) is 10.3. The van der Waals surface area contributed by atoms with Crippen LogP contribution in [0.1, 0.15) is 10.4 Å². The molecule has 0 fully saturated rings. The van der Waals surface area contributed by atoms with Crippen molar-refractivity contribution in [2.45, 2.75) is 0 Å². The second-order valence-corrected chi connectivity index (χ2v) is 3.85. The molecule has 1 aromatic carbocycles. The fraction of sp³-hybridized carbons (Fsp3) is 0. The van der Waals surface area contributed by atoms with Crippen molar-refractivity contribution in [2.24, 2.45) is 0 Å². The first-order chi connectivity index (χ1) is 9.34. The number of esters is 1. The molecule has 0 bridgehead atoms. The molecular formula is C14H9N3O2. The minimum absolute atomic E-state index is 0.349. The maximum atomic E-state index is 12.1. The molecule has 19 heavy (non-hydrogen) atoms. The van der Waals surface area contributed by atoms with Gasteiger partial charge >= 0.3 is 5.97 Å². The third-order valence-electron chi connectivity index (χ3n) is 2.61. The van der Waals surface area contributed by atoms with Gasteiger partial charge in [0.25, 0.3) is 0 Å². The lowest BCUT2D eigenvalue weighted by atomic mass is 10.2. The van der Waals surface area contributed by atoms with Gasteiger partial charge in [0.15, 0.2) is 0 Å². The zero-order valence-corrected chi connectivity index (χ0v) is 9.85. The van der Waals surface area contributed by atoms with Crippen LogP contribution in [0.2, 0.25) is 0 Å². The lowest BCUT2D eigenvalue weighted by Gasteiger charge is -2.05. The van der Waals surface area contributed by atoms with Crippen LogP contribution in [0.4, 0.5) is 0 Å². The van der Waals surface area contributed by atoms with Gasteiger partial charge in [-0.1, -0.05) is 18.2 Å². The Morgan fingerprint density at radius 1 is 1.00 bits per heavy atom. The molecule has 3 rings (SSSR count). The standard InChI is InChI=1S/C14H9N3O2/c18-14(19-10-4-2-1-3-5-10)12-7-15-8-13-11(12)6-16-9-17-13/h1-9H. The number of para-hydroxylation sites is 1. The number of carbonyl (C=O) groups excluding carboxylic acids is 1. The summed E-state index contributed by atoms with van der Waals surface area (Å²) in [7, 11) is 0. The number of aromatic nitrogens is 3. The first kappa shape index (κ1) is 11.3. The van der Waals surface area contributed by atoms with Crippen molar-refractivity contribution in [3.05, 3.63) is 60.8 Å². The van der Waals surface area contributed by atoms with E-state index < -0.39 is 5.97 Å². The maximum absolute atomic E-state index is 12.1. The number of hydrogen-bond acceptors (Lipinski definition) is 5. The number of ether oxygens (including phenoxy) is 1. The van der Waals surface area contributed by atoms with E-state index in [1.165, 1.54) is 12.5 Å². The minimum atomic E-state index is -0.473. The summed E-state index contributed by atoms with van der Waals surface area (Å²) in [5.41, 5.74) is 0.958. The van der Waals surface area contributed by atoms with Crippen molar-refractivity contribution in [3.8, 4) is 5.75 Å². The Balaban J connectivity index is 1.98. The highest BCUT2D eigenvalue weighted by Crippen LogP contribution is 2.17. The lowest BCUT2D eigenvalue weighted by Crippen LogP contribution is -2.09. The number of carbonyl (C=O) groups is 1. The Morgan fingerprint density at radius 3 is 2.68 bits per heavy atom. The zero-order chi connectivity index (χ0) is 13.1. The van der Waals surface area contributed by atoms with Gasteiger partial charge in [-0.05, 0) is 12.1 Å². The van der Waals surface area contributed by atoms with Crippen molar-refractivity contribution in [1.82, 2.24) is 15.0 Å². The largest absolute Gasteiger partial charge is 0.423 e. The third-order valence-corrected chi connectivity index (χ3v) is 2.61. The quantitative estimate of drug-likeness (QED) is 0.516. The van der Waals surface area contributed by atoms with Crippen LogP contribution in [0, 0.1) is 0 Å². The molecule has 0 unspecified atom stereocenters. The van der Waals surface area contributed by atoms with E-state index in [9.17, 15) is 4.79 Å². The molecule has 0 atom stereocenters. The van der Waals surface area contributed by atoms with Gasteiger partial charge in [0.1, 0.15) is 12.1 Å². The second-order valence-electron chi connectivity index (χ2n) is 3.85. The van der Waals surface area contributed by atoms with Crippen LogP contribution in [0.5, 0.6) is 5.75 Å². The summed E-state index contributed by atoms with van der Waals surface area (Å²) in [4.78, 5) is 24.1. The Bertz CT molecular complexity index is 724. The van der Waals surface area contributed by atoms with Crippen LogP contribution in [0.15, 0.2) is 55.2 Å². The summed E-state index contributed by atoms with van der Waals surface area (Å²) in [5.74, 6) is 0.0143. The predicted octanol–water partition coefficient (Wildman–Crippen LogP) is 2.24. The molecule has 0 aliphatic carbocycles. The molecule has 5 nitrogen and oxygen atoms in total. The van der Waals surface area contributed by atoms with E-state index in [0.29, 0.717) is 22.2 Å². The van der Waals surface area contributed by atoms with Crippen LogP contribution < -0.4 is 4.74 Å². The van der Waals surface area contributed by atoms with E-state index >= 15 is 0 Å². The van der Waals surface area contributed by atoms with Crippen LogP contribution in [0.3, 0.4) is 0 Å². The summed E-state index contributed by atoms with van der Waals surface area (Å²) in [6, 6.07) is 8.88. The van der Waals surface area contributed by atoms with Gasteiger partial charge in [-0.3, -0.25) is 4.98 Å². The van der Waals surface area contributed by atoms with Crippen molar-refractivity contribution < 1.29 is 9.53 Å². The van der Waals surface area contributed by atoms with Crippen molar-refractivity contribution in [1.29, 1.82) is 0 Å². The van der Waals surface area contributed by atoms with Gasteiger partial charge in [0, 0.05) is 17.8 Å². The SMILES string of the molecule is O=C(Oc1ccccc1)c1cncc2ncncc12. The fourth-order valence-corrected chi connectivity index (χ4v) is 1.71. The van der Waals surface area contributed by atoms with Crippen LogP contribution >= 0.6 is 0 Å². The Hall–Kier alpha value is -2.82. The number of pyridine rings is 1. The number of rotatable bonds is 2. The van der Waals surface area contributed by atoms with Gasteiger partial charge in [-0.2, -0.15) is 0 Å². The summed E-state index contributed by atoms with van der Waals surface area (Å²) < 4.78 is 5.27. The van der Waals surface area contributed by atoms with Gasteiger partial charge in [-0.15, -0.1) is 0 Å². The highest BCUT2D eigenvalue weighted by molar-refractivity contribution is 6.03. The average Bonchev–Trinajstić information content (AvgIpc) is 2.47. The fourth-order valence-electron chi connectivity index (χ4n) is 1.71. The molecule has 0 aliphatic heterocycles. The molecule has 92 valence electrons. The summed E-state index contributed by atoms with van der Waals surface area (Å²) in [5, 5.41) is 0.624. The van der Waals surface area contributed by atoms with Gasteiger partial charge in [0.05, 0.1) is 17.3 Å². The average molecular weight is 251 g/mol. The first-order valence-corrected chi connectivity index (χ1v) is 5.65. The van der Waals surface area contributed by atoms with Crippen LogP contribution in [0.25, 0.3) is 10.9 Å². The molecule has 2 heterocycles. The lowest BCUT2D eigenvalue weighted by molar-refractivity contribution is 0.0736. The molecule has 0 radical (unpaired) electrons. The first-order valence-electron chi connectivity index (χ1n) is 5.65. The molecule has 0 saturated heterocycles. The van der Waals surface area contributed by atoms with Gasteiger partial charge < -0.3 is 4.74 Å². The molecule has 0 amide bonds. The van der Waals surface area contributed by atoms with Crippen molar-refractivity contribution in [2.75, 3.05) is 0 Å². The molecular weight excluding hydrogens is 242 g/mol. The second kappa shape index (κ2) is 4.81. The molecule has 2 aromatic heterocycles. The maximum Gasteiger partial charge on any atom is 0.345 e. The van der Waals surface area contributed by atoms with E-state index in [0.717, 1.165) is 0 Å². The van der Waals surface area contributed by atoms with E-state index in [-0.39, 0.29) is 0 Å². The zero-order valence-electron chi connectivity index (χ0n) is 9.85. The Kier molecular flexibility index (Phi) is 2.86. The number of fused-ring (bicyclic) bond motifs is 1. The highest BCUT2D eigenvalue weighted by Gasteiger charge is 2.13. The molecule has 0 N–H and O–H groups in total. The van der Waals surface area contributed by atoms with Crippen molar-refractivity contribution in [3.63, 3.8) is 0 Å². The van der Waals surface area contributed by atoms with E-state index in [2.05, 4.69) is 15.0 Å².